The van der Waals surface area contributed by atoms with Crippen molar-refractivity contribution in [1.29, 1.82) is 0 Å². The zero-order valence-corrected chi connectivity index (χ0v) is 13.2. The lowest BCUT2D eigenvalue weighted by Gasteiger charge is -2.35. The molecule has 122 valence electrons. The molecule has 0 saturated carbocycles. The standard InChI is InChI=1S/C13H25N3O5/c1-9(11(19)14-6-7-21-5)15-12(20)16(8-10(17)18)13(2,3)4/h9H,6-8H2,1-5H3,(H,14,19)(H,15,20)(H,17,18). The first-order chi connectivity index (χ1) is 9.59. The Balaban J connectivity index is 4.60. The summed E-state index contributed by atoms with van der Waals surface area (Å²) < 4.78 is 4.80. The van der Waals surface area contributed by atoms with Gasteiger partial charge in [0.25, 0.3) is 0 Å². The number of amides is 3. The minimum absolute atomic E-state index is 0.341. The minimum Gasteiger partial charge on any atom is -0.480 e. The van der Waals surface area contributed by atoms with Crippen LogP contribution in [0.3, 0.4) is 0 Å². The van der Waals surface area contributed by atoms with Gasteiger partial charge in [-0.15, -0.1) is 0 Å². The molecule has 0 rings (SSSR count). The molecule has 0 heterocycles. The van der Waals surface area contributed by atoms with Crippen molar-refractivity contribution in [3.63, 3.8) is 0 Å². The number of ether oxygens (including phenoxy) is 1. The molecule has 0 saturated heterocycles. The van der Waals surface area contributed by atoms with E-state index in [9.17, 15) is 14.4 Å². The number of aliphatic carboxylic acids is 1. The van der Waals surface area contributed by atoms with E-state index in [1.165, 1.54) is 14.0 Å². The molecule has 0 aromatic heterocycles. The van der Waals surface area contributed by atoms with Crippen LogP contribution in [0.1, 0.15) is 27.7 Å². The summed E-state index contributed by atoms with van der Waals surface area (Å²) in [6.45, 7) is 6.97. The highest BCUT2D eigenvalue weighted by Crippen LogP contribution is 2.13. The van der Waals surface area contributed by atoms with E-state index in [1.54, 1.807) is 20.8 Å². The first kappa shape index (κ1) is 19.2. The second-order valence-corrected chi connectivity index (χ2v) is 5.61. The monoisotopic (exact) mass is 303 g/mol. The van der Waals surface area contributed by atoms with Crippen molar-refractivity contribution in [1.82, 2.24) is 15.5 Å². The number of hydrogen-bond acceptors (Lipinski definition) is 4. The second kappa shape index (κ2) is 8.46. The van der Waals surface area contributed by atoms with Gasteiger partial charge in [-0.05, 0) is 27.7 Å². The average molecular weight is 303 g/mol. The van der Waals surface area contributed by atoms with E-state index in [0.717, 1.165) is 4.90 Å². The Labute approximate surface area is 124 Å². The number of carbonyl (C=O) groups excluding carboxylic acids is 2. The fraction of sp³-hybridized carbons (Fsp3) is 0.769. The van der Waals surface area contributed by atoms with Crippen molar-refractivity contribution in [3.8, 4) is 0 Å². The molecular formula is C13H25N3O5. The molecule has 8 nitrogen and oxygen atoms in total. The number of nitrogens with one attached hydrogen (secondary N) is 2. The third-order valence-corrected chi connectivity index (χ3v) is 2.69. The number of methoxy groups -OCH3 is 1. The molecule has 3 N–H and O–H groups in total. The fourth-order valence-corrected chi connectivity index (χ4v) is 1.51. The van der Waals surface area contributed by atoms with Crippen LogP contribution >= 0.6 is 0 Å². The molecule has 21 heavy (non-hydrogen) atoms. The zero-order chi connectivity index (χ0) is 16.6. The Bertz CT molecular complexity index is 378. The molecule has 0 radical (unpaired) electrons. The van der Waals surface area contributed by atoms with Crippen LogP contribution in [-0.2, 0) is 14.3 Å². The Hall–Kier alpha value is -1.83. The second-order valence-electron chi connectivity index (χ2n) is 5.61. The lowest BCUT2D eigenvalue weighted by Crippen LogP contribution is -2.56. The van der Waals surface area contributed by atoms with Crippen LogP contribution in [0.2, 0.25) is 0 Å². The summed E-state index contributed by atoms with van der Waals surface area (Å²) in [5, 5.41) is 14.0. The number of hydrogen-bond donors (Lipinski definition) is 3. The van der Waals surface area contributed by atoms with Crippen molar-refractivity contribution in [2.24, 2.45) is 0 Å². The SMILES string of the molecule is COCCNC(=O)C(C)NC(=O)N(CC(=O)O)C(C)(C)C. The molecule has 1 atom stereocenters. The van der Waals surface area contributed by atoms with Crippen molar-refractivity contribution in [2.75, 3.05) is 26.8 Å². The maximum Gasteiger partial charge on any atom is 0.323 e. The van der Waals surface area contributed by atoms with Crippen LogP contribution in [0.5, 0.6) is 0 Å². The van der Waals surface area contributed by atoms with Crippen molar-refractivity contribution < 1.29 is 24.2 Å². The first-order valence-electron chi connectivity index (χ1n) is 6.66. The van der Waals surface area contributed by atoms with E-state index in [4.69, 9.17) is 9.84 Å². The van der Waals surface area contributed by atoms with Crippen molar-refractivity contribution in [2.45, 2.75) is 39.3 Å². The molecule has 0 spiro atoms. The summed E-state index contributed by atoms with van der Waals surface area (Å²) in [7, 11) is 1.52. The average Bonchev–Trinajstić information content (AvgIpc) is 2.34. The van der Waals surface area contributed by atoms with Crippen molar-refractivity contribution >= 4 is 17.9 Å². The highest BCUT2D eigenvalue weighted by molar-refractivity contribution is 5.88. The predicted molar refractivity (Wildman–Crippen MR) is 77.0 cm³/mol. The summed E-state index contributed by atoms with van der Waals surface area (Å²) in [6.07, 6.45) is 0. The molecule has 0 aliphatic rings. The fourth-order valence-electron chi connectivity index (χ4n) is 1.51. The molecule has 0 aromatic rings. The third kappa shape index (κ3) is 7.50. The van der Waals surface area contributed by atoms with E-state index in [1.807, 2.05) is 0 Å². The molecule has 3 amide bonds. The van der Waals surface area contributed by atoms with Crippen LogP contribution in [0.4, 0.5) is 4.79 Å². The molecule has 8 heteroatoms. The van der Waals surface area contributed by atoms with E-state index in [-0.39, 0.29) is 5.91 Å². The molecule has 0 fully saturated rings. The van der Waals surface area contributed by atoms with E-state index in [0.29, 0.717) is 13.2 Å². The van der Waals surface area contributed by atoms with Crippen LogP contribution in [0.15, 0.2) is 0 Å². The Morgan fingerprint density at radius 3 is 2.29 bits per heavy atom. The topological polar surface area (TPSA) is 108 Å². The third-order valence-electron chi connectivity index (χ3n) is 2.69. The highest BCUT2D eigenvalue weighted by Gasteiger charge is 2.30. The molecule has 0 aliphatic heterocycles. The van der Waals surface area contributed by atoms with E-state index in [2.05, 4.69) is 10.6 Å². The van der Waals surface area contributed by atoms with Gasteiger partial charge in [0.15, 0.2) is 0 Å². The lowest BCUT2D eigenvalue weighted by atomic mass is 10.1. The van der Waals surface area contributed by atoms with Gasteiger partial charge in [-0.1, -0.05) is 0 Å². The Morgan fingerprint density at radius 1 is 1.29 bits per heavy atom. The maximum absolute atomic E-state index is 12.1. The predicted octanol–water partition coefficient (Wildman–Crippen LogP) is 0.0322. The van der Waals surface area contributed by atoms with E-state index < -0.39 is 30.1 Å². The Morgan fingerprint density at radius 2 is 1.86 bits per heavy atom. The van der Waals surface area contributed by atoms with Gasteiger partial charge in [0, 0.05) is 19.2 Å². The largest absolute Gasteiger partial charge is 0.480 e. The molecule has 1 unspecified atom stereocenters. The minimum atomic E-state index is -1.11. The number of carboxylic acids is 1. The lowest BCUT2D eigenvalue weighted by molar-refractivity contribution is -0.138. The van der Waals surface area contributed by atoms with Crippen LogP contribution in [0, 0.1) is 0 Å². The van der Waals surface area contributed by atoms with Gasteiger partial charge in [0.05, 0.1) is 6.61 Å². The molecular weight excluding hydrogens is 278 g/mol. The number of carbonyl (C=O) groups is 3. The van der Waals surface area contributed by atoms with Gasteiger partial charge in [-0.2, -0.15) is 0 Å². The number of carboxylic acid groups (broad SMARTS) is 1. The van der Waals surface area contributed by atoms with Gasteiger partial charge in [0.1, 0.15) is 12.6 Å². The van der Waals surface area contributed by atoms with Gasteiger partial charge in [-0.3, -0.25) is 9.59 Å². The number of rotatable bonds is 7. The Kier molecular flexibility index (Phi) is 7.72. The zero-order valence-electron chi connectivity index (χ0n) is 13.2. The molecule has 0 aromatic carbocycles. The summed E-state index contributed by atoms with van der Waals surface area (Å²) in [4.78, 5) is 35.8. The van der Waals surface area contributed by atoms with Crippen molar-refractivity contribution in [3.05, 3.63) is 0 Å². The summed E-state index contributed by atoms with van der Waals surface area (Å²) in [6, 6.07) is -1.37. The number of nitrogens with zero attached hydrogens (tertiary/aromatic N) is 1. The summed E-state index contributed by atoms with van der Waals surface area (Å²) >= 11 is 0. The first-order valence-corrected chi connectivity index (χ1v) is 6.66. The maximum atomic E-state index is 12.1. The van der Waals surface area contributed by atoms with E-state index >= 15 is 0 Å². The quantitative estimate of drug-likeness (QED) is 0.575. The molecule has 0 bridgehead atoms. The van der Waals surface area contributed by atoms with Gasteiger partial charge in [-0.25, -0.2) is 4.79 Å². The molecule has 0 aliphatic carbocycles. The normalized spacial score (nSPS) is 12.4. The highest BCUT2D eigenvalue weighted by atomic mass is 16.5. The smallest absolute Gasteiger partial charge is 0.323 e. The van der Waals surface area contributed by atoms with Gasteiger partial charge >= 0.3 is 12.0 Å². The summed E-state index contributed by atoms with van der Waals surface area (Å²) in [5.41, 5.74) is -0.672. The van der Waals surface area contributed by atoms with Crippen LogP contribution in [0.25, 0.3) is 0 Å². The number of urea groups is 1. The van der Waals surface area contributed by atoms with Crippen LogP contribution in [-0.4, -0.2) is 66.3 Å². The summed E-state index contributed by atoms with van der Waals surface area (Å²) in [5.74, 6) is -1.47. The van der Waals surface area contributed by atoms with Gasteiger partial charge < -0.3 is 25.4 Å². The van der Waals surface area contributed by atoms with Gasteiger partial charge in [0.2, 0.25) is 5.91 Å². The van der Waals surface area contributed by atoms with Crippen LogP contribution < -0.4 is 10.6 Å².